The molecule has 0 bridgehead atoms. The second-order valence-electron chi connectivity index (χ2n) is 10.5. The second-order valence-corrected chi connectivity index (χ2v) is 14.1. The molecule has 0 heterocycles. The molecule has 1 atom stereocenters. The number of carbonyl (C=O) groups is 2. The molecule has 42 heavy (non-hydrogen) atoms. The van der Waals surface area contributed by atoms with Crippen molar-refractivity contribution in [2.75, 3.05) is 10.8 Å². The highest BCUT2D eigenvalue weighted by Crippen LogP contribution is 2.29. The van der Waals surface area contributed by atoms with Crippen molar-refractivity contribution in [3.05, 3.63) is 92.4 Å². The number of sulfonamides is 1. The van der Waals surface area contributed by atoms with Gasteiger partial charge in [0.1, 0.15) is 12.6 Å². The summed E-state index contributed by atoms with van der Waals surface area (Å²) in [6.45, 7) is 2.89. The van der Waals surface area contributed by atoms with Crippen molar-refractivity contribution in [1.29, 1.82) is 0 Å². The summed E-state index contributed by atoms with van der Waals surface area (Å²) in [4.78, 5) is 29.0. The molecule has 1 aliphatic carbocycles. The first-order valence-electron chi connectivity index (χ1n) is 13.8. The van der Waals surface area contributed by atoms with Crippen LogP contribution in [0.25, 0.3) is 0 Å². The Balaban J connectivity index is 1.70. The number of nitrogens with one attached hydrogen (secondary N) is 1. The van der Waals surface area contributed by atoms with E-state index in [2.05, 4.69) is 21.2 Å². The molecular weight excluding hydrogens is 661 g/mol. The Hall–Kier alpha value is -2.59. The fraction of sp³-hybridized carbons (Fsp3) is 0.355. The van der Waals surface area contributed by atoms with Gasteiger partial charge in [0.05, 0.1) is 10.6 Å². The van der Waals surface area contributed by atoms with Crippen molar-refractivity contribution in [3.63, 3.8) is 0 Å². The highest BCUT2D eigenvalue weighted by atomic mass is 79.9. The van der Waals surface area contributed by atoms with E-state index < -0.39 is 28.5 Å². The molecule has 1 fully saturated rings. The number of amides is 2. The van der Waals surface area contributed by atoms with Gasteiger partial charge in [-0.1, -0.05) is 82.2 Å². The van der Waals surface area contributed by atoms with Crippen LogP contribution in [-0.4, -0.2) is 43.8 Å². The molecule has 1 N–H and O–H groups in total. The molecule has 3 aromatic carbocycles. The van der Waals surface area contributed by atoms with Gasteiger partial charge in [0.25, 0.3) is 10.0 Å². The van der Waals surface area contributed by atoms with Crippen LogP contribution in [-0.2, 0) is 26.2 Å². The van der Waals surface area contributed by atoms with Crippen molar-refractivity contribution in [3.8, 4) is 0 Å². The van der Waals surface area contributed by atoms with Crippen LogP contribution in [0, 0.1) is 6.92 Å². The Bertz CT molecular complexity index is 1490. The molecule has 0 spiro atoms. The highest BCUT2D eigenvalue weighted by Gasteiger charge is 2.33. The van der Waals surface area contributed by atoms with E-state index >= 15 is 0 Å². The zero-order valence-electron chi connectivity index (χ0n) is 23.5. The number of halogens is 3. The minimum atomic E-state index is -4.15. The van der Waals surface area contributed by atoms with Crippen LogP contribution in [0.4, 0.5) is 5.69 Å². The summed E-state index contributed by atoms with van der Waals surface area (Å²) in [6.07, 6.45) is 4.98. The average molecular weight is 696 g/mol. The first-order chi connectivity index (χ1) is 20.0. The molecule has 11 heteroatoms. The fourth-order valence-corrected chi connectivity index (χ4v) is 7.17. The largest absolute Gasteiger partial charge is 0.352 e. The average Bonchev–Trinajstić information content (AvgIpc) is 2.96. The normalized spacial score (nSPS) is 14.7. The maximum atomic E-state index is 14.1. The second kappa shape index (κ2) is 14.3. The summed E-state index contributed by atoms with van der Waals surface area (Å²) in [7, 11) is -4.15. The Kier molecular flexibility index (Phi) is 11.0. The molecule has 0 radical (unpaired) electrons. The van der Waals surface area contributed by atoms with Gasteiger partial charge in [-0.25, -0.2) is 8.42 Å². The summed E-state index contributed by atoms with van der Waals surface area (Å²) in [6, 6.07) is 17.2. The maximum absolute atomic E-state index is 14.1. The van der Waals surface area contributed by atoms with Crippen LogP contribution in [0.3, 0.4) is 0 Å². The third-order valence-corrected chi connectivity index (χ3v) is 10.5. The van der Waals surface area contributed by atoms with Gasteiger partial charge in [0.2, 0.25) is 11.8 Å². The van der Waals surface area contributed by atoms with Gasteiger partial charge in [0.15, 0.2) is 0 Å². The van der Waals surface area contributed by atoms with Crippen molar-refractivity contribution in [2.45, 2.75) is 69.5 Å². The lowest BCUT2D eigenvalue weighted by Gasteiger charge is -2.33. The molecule has 4 rings (SSSR count). The Morgan fingerprint density at radius 1 is 0.952 bits per heavy atom. The van der Waals surface area contributed by atoms with Crippen LogP contribution in [0.5, 0.6) is 0 Å². The standard InChI is InChI=1S/C31H34BrCl2N3O4S/c1-21-11-17-26(18-12-21)42(40,41)37(25-15-13-23(32)14-16-25)20-30(38)36(19-27-28(33)9-6-10-29(27)34)22(2)31(39)35-24-7-4-3-5-8-24/h6,9-18,22,24H,3-5,7-8,19-20H2,1-2H3,(H,35,39)/t22-/m1/s1. The zero-order chi connectivity index (χ0) is 30.4. The first kappa shape index (κ1) is 32.3. The van der Waals surface area contributed by atoms with Crippen molar-refractivity contribution >= 4 is 66.7 Å². The Morgan fingerprint density at radius 2 is 1.55 bits per heavy atom. The Morgan fingerprint density at radius 3 is 2.14 bits per heavy atom. The monoisotopic (exact) mass is 693 g/mol. The summed E-state index contributed by atoms with van der Waals surface area (Å²) >= 11 is 16.3. The Labute approximate surface area is 266 Å². The summed E-state index contributed by atoms with van der Waals surface area (Å²) in [5.41, 5.74) is 1.69. The van der Waals surface area contributed by atoms with Crippen LogP contribution in [0.15, 0.2) is 76.1 Å². The van der Waals surface area contributed by atoms with Crippen LogP contribution >= 0.6 is 39.1 Å². The van der Waals surface area contributed by atoms with E-state index in [-0.39, 0.29) is 23.4 Å². The van der Waals surface area contributed by atoms with Gasteiger partial charge in [-0.2, -0.15) is 0 Å². The van der Waals surface area contributed by atoms with Crippen LogP contribution in [0.1, 0.15) is 50.2 Å². The van der Waals surface area contributed by atoms with E-state index in [1.807, 2.05) is 6.92 Å². The quantitative estimate of drug-likeness (QED) is 0.245. The SMILES string of the molecule is Cc1ccc(S(=O)(=O)N(CC(=O)N(Cc2c(Cl)cccc2Cl)[C@H](C)C(=O)NC2CCCCC2)c2ccc(Br)cc2)cc1. The zero-order valence-corrected chi connectivity index (χ0v) is 27.4. The van der Waals surface area contributed by atoms with Gasteiger partial charge in [-0.05, 0) is 75.2 Å². The van der Waals surface area contributed by atoms with Crippen LogP contribution < -0.4 is 9.62 Å². The van der Waals surface area contributed by atoms with E-state index in [0.717, 1.165) is 46.4 Å². The van der Waals surface area contributed by atoms with Crippen molar-refractivity contribution in [1.82, 2.24) is 10.2 Å². The number of aryl methyl sites for hydroxylation is 1. The molecule has 224 valence electrons. The molecule has 1 aliphatic rings. The predicted molar refractivity (Wildman–Crippen MR) is 171 cm³/mol. The van der Waals surface area contributed by atoms with E-state index in [1.54, 1.807) is 61.5 Å². The van der Waals surface area contributed by atoms with Crippen LogP contribution in [0.2, 0.25) is 10.0 Å². The lowest BCUT2D eigenvalue weighted by Crippen LogP contribution is -2.53. The number of hydrogen-bond donors (Lipinski definition) is 1. The highest BCUT2D eigenvalue weighted by molar-refractivity contribution is 9.10. The molecule has 1 saturated carbocycles. The van der Waals surface area contributed by atoms with Crippen molar-refractivity contribution < 1.29 is 18.0 Å². The van der Waals surface area contributed by atoms with E-state index in [4.69, 9.17) is 23.2 Å². The van der Waals surface area contributed by atoms with Gasteiger partial charge in [0, 0.05) is 32.7 Å². The molecule has 0 unspecified atom stereocenters. The minimum Gasteiger partial charge on any atom is -0.352 e. The number of anilines is 1. The number of nitrogens with zero attached hydrogens (tertiary/aromatic N) is 2. The molecule has 2 amide bonds. The number of hydrogen-bond acceptors (Lipinski definition) is 4. The van der Waals surface area contributed by atoms with Crippen molar-refractivity contribution in [2.24, 2.45) is 0 Å². The molecule has 3 aromatic rings. The lowest BCUT2D eigenvalue weighted by molar-refractivity contribution is -0.139. The predicted octanol–water partition coefficient (Wildman–Crippen LogP) is 7.13. The van der Waals surface area contributed by atoms with E-state index in [9.17, 15) is 18.0 Å². The molecule has 7 nitrogen and oxygen atoms in total. The first-order valence-corrected chi connectivity index (χ1v) is 16.8. The van der Waals surface area contributed by atoms with Gasteiger partial charge in [-0.15, -0.1) is 0 Å². The maximum Gasteiger partial charge on any atom is 0.264 e. The van der Waals surface area contributed by atoms with Gasteiger partial charge in [-0.3, -0.25) is 13.9 Å². The number of carbonyl (C=O) groups excluding carboxylic acids is 2. The molecule has 0 aromatic heterocycles. The molecule has 0 saturated heterocycles. The van der Waals surface area contributed by atoms with E-state index in [0.29, 0.717) is 21.3 Å². The third kappa shape index (κ3) is 7.86. The fourth-order valence-electron chi connectivity index (χ4n) is 4.98. The topological polar surface area (TPSA) is 86.8 Å². The summed E-state index contributed by atoms with van der Waals surface area (Å²) in [5.74, 6) is -0.883. The number of rotatable bonds is 10. The van der Waals surface area contributed by atoms with Gasteiger partial charge < -0.3 is 10.2 Å². The lowest BCUT2D eigenvalue weighted by atomic mass is 9.95. The van der Waals surface area contributed by atoms with E-state index in [1.165, 1.54) is 17.0 Å². The summed E-state index contributed by atoms with van der Waals surface area (Å²) < 4.78 is 29.7. The summed E-state index contributed by atoms with van der Waals surface area (Å²) in [5, 5.41) is 3.78. The third-order valence-electron chi connectivity index (χ3n) is 7.51. The molecular formula is C31H34BrCl2N3O4S. The minimum absolute atomic E-state index is 0.0377. The van der Waals surface area contributed by atoms with Gasteiger partial charge >= 0.3 is 0 Å². The smallest absolute Gasteiger partial charge is 0.264 e. The number of benzene rings is 3. The molecule has 0 aliphatic heterocycles.